The van der Waals surface area contributed by atoms with Crippen molar-refractivity contribution in [2.24, 2.45) is 5.92 Å². The van der Waals surface area contributed by atoms with E-state index in [1.165, 1.54) is 11.3 Å². The van der Waals surface area contributed by atoms with Gasteiger partial charge in [-0.2, -0.15) is 0 Å². The fourth-order valence-corrected chi connectivity index (χ4v) is 3.54. The van der Waals surface area contributed by atoms with Crippen molar-refractivity contribution in [1.82, 2.24) is 0 Å². The summed E-state index contributed by atoms with van der Waals surface area (Å²) in [6, 6.07) is 1.84. The summed E-state index contributed by atoms with van der Waals surface area (Å²) in [6.45, 7) is 1.89. The van der Waals surface area contributed by atoms with E-state index in [1.807, 2.05) is 13.0 Å². The first-order valence-corrected chi connectivity index (χ1v) is 6.18. The fraction of sp³-hybridized carbons (Fsp3) is 0.500. The van der Waals surface area contributed by atoms with Gasteiger partial charge in [0.1, 0.15) is 0 Å². The van der Waals surface area contributed by atoms with E-state index < -0.39 is 11.8 Å². The molecule has 1 aliphatic rings. The van der Waals surface area contributed by atoms with Crippen LogP contribution in [0.3, 0.4) is 0 Å². The van der Waals surface area contributed by atoms with Crippen LogP contribution in [0.25, 0.3) is 0 Å². The summed E-state index contributed by atoms with van der Waals surface area (Å²) in [4.78, 5) is 13.4. The molecule has 0 radical (unpaired) electrons. The van der Waals surface area contributed by atoms with Crippen molar-refractivity contribution in [1.29, 1.82) is 0 Å². The number of aryl methyl sites for hydroxylation is 1. The lowest BCUT2D eigenvalue weighted by Gasteiger charge is -2.33. The minimum absolute atomic E-state index is 0.147. The van der Waals surface area contributed by atoms with Crippen LogP contribution in [0, 0.1) is 12.8 Å². The fourth-order valence-electron chi connectivity index (χ4n) is 1.68. The largest absolute Gasteiger partial charge is 0.293 e. The van der Waals surface area contributed by atoms with Crippen LogP contribution >= 0.6 is 27.3 Å². The molecular weight excluding hydrogens is 286 g/mol. The molecule has 0 bridgehead atoms. The van der Waals surface area contributed by atoms with Crippen molar-refractivity contribution in [2.75, 3.05) is 0 Å². The van der Waals surface area contributed by atoms with Gasteiger partial charge in [0.2, 0.25) is 5.92 Å². The van der Waals surface area contributed by atoms with Crippen LogP contribution in [-0.4, -0.2) is 11.7 Å². The van der Waals surface area contributed by atoms with Crippen LogP contribution < -0.4 is 0 Å². The quantitative estimate of drug-likeness (QED) is 0.752. The van der Waals surface area contributed by atoms with Crippen molar-refractivity contribution in [3.8, 4) is 0 Å². The zero-order valence-corrected chi connectivity index (χ0v) is 10.4. The molecule has 1 aliphatic carbocycles. The van der Waals surface area contributed by atoms with E-state index in [0.29, 0.717) is 4.88 Å². The average Bonchev–Trinajstić information content (AvgIpc) is 2.40. The van der Waals surface area contributed by atoms with Crippen molar-refractivity contribution in [2.45, 2.75) is 25.7 Å². The summed E-state index contributed by atoms with van der Waals surface area (Å²) in [5.41, 5.74) is 0. The van der Waals surface area contributed by atoms with Gasteiger partial charge in [-0.05, 0) is 28.9 Å². The maximum absolute atomic E-state index is 12.6. The Morgan fingerprint density at radius 2 is 2.20 bits per heavy atom. The monoisotopic (exact) mass is 294 g/mol. The van der Waals surface area contributed by atoms with Gasteiger partial charge in [-0.15, -0.1) is 11.3 Å². The summed E-state index contributed by atoms with van der Waals surface area (Å²) < 4.78 is 25.9. The van der Waals surface area contributed by atoms with Crippen molar-refractivity contribution in [3.05, 3.63) is 20.3 Å². The standard InChI is InChI=1S/C10H9BrF2OS/c1-5-2-7(11)9(15-5)8(14)6-3-10(12,13)4-6/h2,6H,3-4H2,1H3. The third-order valence-corrected chi connectivity index (χ3v) is 4.45. The average molecular weight is 295 g/mol. The molecule has 15 heavy (non-hydrogen) atoms. The van der Waals surface area contributed by atoms with Crippen LogP contribution in [0.15, 0.2) is 10.5 Å². The number of rotatable bonds is 2. The molecule has 1 aromatic rings. The van der Waals surface area contributed by atoms with Crippen LogP contribution in [0.1, 0.15) is 27.4 Å². The Hall–Kier alpha value is -0.290. The minimum atomic E-state index is -2.63. The lowest BCUT2D eigenvalue weighted by atomic mass is 9.78. The lowest BCUT2D eigenvalue weighted by molar-refractivity contribution is -0.0981. The Morgan fingerprint density at radius 3 is 2.60 bits per heavy atom. The molecule has 0 N–H and O–H groups in total. The van der Waals surface area contributed by atoms with Crippen molar-refractivity contribution in [3.63, 3.8) is 0 Å². The van der Waals surface area contributed by atoms with Gasteiger partial charge < -0.3 is 0 Å². The minimum Gasteiger partial charge on any atom is -0.293 e. The highest BCUT2D eigenvalue weighted by atomic mass is 79.9. The molecule has 82 valence electrons. The summed E-state index contributed by atoms with van der Waals surface area (Å²) in [5.74, 6) is -3.26. The Labute approximate surface area is 98.6 Å². The number of thiophene rings is 1. The zero-order chi connectivity index (χ0) is 11.2. The Kier molecular flexibility index (Phi) is 2.71. The molecule has 5 heteroatoms. The van der Waals surface area contributed by atoms with Crippen molar-refractivity contribution >= 4 is 33.0 Å². The van der Waals surface area contributed by atoms with Crippen LogP contribution in [-0.2, 0) is 0 Å². The van der Waals surface area contributed by atoms with E-state index in [0.717, 1.165) is 9.35 Å². The van der Waals surface area contributed by atoms with Gasteiger partial charge in [0.05, 0.1) is 4.88 Å². The van der Waals surface area contributed by atoms with Gasteiger partial charge in [-0.1, -0.05) is 0 Å². The maximum atomic E-state index is 12.6. The second-order valence-corrected chi connectivity index (χ2v) is 5.97. The van der Waals surface area contributed by atoms with Gasteiger partial charge in [0.25, 0.3) is 0 Å². The molecule has 1 aromatic heterocycles. The van der Waals surface area contributed by atoms with Crippen LogP contribution in [0.5, 0.6) is 0 Å². The SMILES string of the molecule is Cc1cc(Br)c(C(=O)C2CC(F)(F)C2)s1. The third kappa shape index (κ3) is 2.13. The summed E-state index contributed by atoms with van der Waals surface area (Å²) in [5, 5.41) is 0. The Morgan fingerprint density at radius 1 is 1.60 bits per heavy atom. The summed E-state index contributed by atoms with van der Waals surface area (Å²) in [6.07, 6.45) is -0.593. The predicted octanol–water partition coefficient (Wildman–Crippen LogP) is 4.05. The number of carbonyl (C=O) groups is 1. The molecule has 0 unspecified atom stereocenters. The predicted molar refractivity (Wildman–Crippen MR) is 58.8 cm³/mol. The third-order valence-electron chi connectivity index (χ3n) is 2.49. The van der Waals surface area contributed by atoms with E-state index in [1.54, 1.807) is 0 Å². The zero-order valence-electron chi connectivity index (χ0n) is 8.02. The summed E-state index contributed by atoms with van der Waals surface area (Å²) >= 11 is 4.63. The highest BCUT2D eigenvalue weighted by Gasteiger charge is 2.49. The maximum Gasteiger partial charge on any atom is 0.249 e. The molecule has 0 spiro atoms. The molecular formula is C10H9BrF2OS. The lowest BCUT2D eigenvalue weighted by Crippen LogP contribution is -2.39. The Bertz CT molecular complexity index is 406. The van der Waals surface area contributed by atoms with Crippen LogP contribution in [0.4, 0.5) is 8.78 Å². The Balaban J connectivity index is 2.13. The van der Waals surface area contributed by atoms with E-state index in [-0.39, 0.29) is 18.6 Å². The topological polar surface area (TPSA) is 17.1 Å². The molecule has 1 nitrogen and oxygen atoms in total. The van der Waals surface area contributed by atoms with Crippen LogP contribution in [0.2, 0.25) is 0 Å². The van der Waals surface area contributed by atoms with E-state index >= 15 is 0 Å². The van der Waals surface area contributed by atoms with Gasteiger partial charge in [-0.3, -0.25) is 4.79 Å². The van der Waals surface area contributed by atoms with Gasteiger partial charge >= 0.3 is 0 Å². The molecule has 2 rings (SSSR count). The molecule has 0 amide bonds. The molecule has 1 saturated carbocycles. The van der Waals surface area contributed by atoms with Crippen molar-refractivity contribution < 1.29 is 13.6 Å². The highest BCUT2D eigenvalue weighted by molar-refractivity contribution is 9.10. The molecule has 1 heterocycles. The second kappa shape index (κ2) is 3.63. The highest BCUT2D eigenvalue weighted by Crippen LogP contribution is 2.45. The number of hydrogen-bond donors (Lipinski definition) is 0. The summed E-state index contributed by atoms with van der Waals surface area (Å²) in [7, 11) is 0. The van der Waals surface area contributed by atoms with E-state index in [4.69, 9.17) is 0 Å². The second-order valence-electron chi connectivity index (χ2n) is 3.86. The smallest absolute Gasteiger partial charge is 0.249 e. The normalized spacial score (nSPS) is 20.0. The number of carbonyl (C=O) groups excluding carboxylic acids is 1. The first kappa shape index (κ1) is 11.2. The van der Waals surface area contributed by atoms with E-state index in [2.05, 4.69) is 15.9 Å². The molecule has 0 aromatic carbocycles. The van der Waals surface area contributed by atoms with Gasteiger partial charge in [-0.25, -0.2) is 8.78 Å². The first-order valence-electron chi connectivity index (χ1n) is 4.57. The number of hydrogen-bond acceptors (Lipinski definition) is 2. The van der Waals surface area contributed by atoms with E-state index in [9.17, 15) is 13.6 Å². The molecule has 1 fully saturated rings. The van der Waals surface area contributed by atoms with Gasteiger partial charge in [0.15, 0.2) is 5.78 Å². The number of alkyl halides is 2. The first-order chi connectivity index (χ1) is 6.89. The number of ketones is 1. The van der Waals surface area contributed by atoms with Gasteiger partial charge in [0, 0.05) is 28.1 Å². The number of halogens is 3. The molecule has 0 atom stereocenters. The molecule has 0 saturated heterocycles. The number of Topliss-reactive ketones (excluding diaryl/α,β-unsaturated/α-hetero) is 1. The molecule has 0 aliphatic heterocycles.